The zero-order chi connectivity index (χ0) is 18.0. The van der Waals surface area contributed by atoms with Crippen molar-refractivity contribution >= 4 is 12.0 Å². The van der Waals surface area contributed by atoms with Crippen molar-refractivity contribution in [1.82, 2.24) is 10.8 Å². The monoisotopic (exact) mass is 338 g/mol. The van der Waals surface area contributed by atoms with Crippen LogP contribution < -0.4 is 10.8 Å². The van der Waals surface area contributed by atoms with Gasteiger partial charge in [0.25, 0.3) is 0 Å². The molecule has 1 rings (SSSR count). The fraction of sp³-hybridized carbons (Fsp3) is 0.529. The van der Waals surface area contributed by atoms with Gasteiger partial charge in [-0.2, -0.15) is 0 Å². The van der Waals surface area contributed by atoms with E-state index in [0.29, 0.717) is 0 Å². The maximum Gasteiger partial charge on any atom is 0.407 e. The fourth-order valence-corrected chi connectivity index (χ4v) is 1.81. The van der Waals surface area contributed by atoms with Gasteiger partial charge in [0.2, 0.25) is 5.91 Å². The Morgan fingerprint density at radius 1 is 1.21 bits per heavy atom. The minimum absolute atomic E-state index is 0.107. The Bertz CT molecular complexity index is 513. The van der Waals surface area contributed by atoms with E-state index >= 15 is 0 Å². The summed E-state index contributed by atoms with van der Waals surface area (Å²) in [5, 5.41) is 11.8. The van der Waals surface area contributed by atoms with Gasteiger partial charge in [-0.05, 0) is 32.8 Å². The highest BCUT2D eigenvalue weighted by Gasteiger charge is 2.19. The minimum atomic E-state index is -0.623. The smallest absolute Gasteiger partial charge is 0.407 e. The molecule has 7 heteroatoms. The van der Waals surface area contributed by atoms with Crippen LogP contribution in [0.1, 0.15) is 39.2 Å². The van der Waals surface area contributed by atoms with Crippen LogP contribution >= 0.6 is 0 Å². The molecule has 1 aromatic rings. The Morgan fingerprint density at radius 3 is 2.46 bits per heavy atom. The van der Waals surface area contributed by atoms with Crippen LogP contribution in [0.2, 0.25) is 0 Å². The summed E-state index contributed by atoms with van der Waals surface area (Å²) >= 11 is 0. The molecule has 0 saturated carbocycles. The van der Waals surface area contributed by atoms with Gasteiger partial charge in [-0.25, -0.2) is 10.3 Å². The third-order valence-corrected chi connectivity index (χ3v) is 2.93. The topological polar surface area (TPSA) is 96.9 Å². The third kappa shape index (κ3) is 9.12. The predicted octanol–water partition coefficient (Wildman–Crippen LogP) is 1.90. The van der Waals surface area contributed by atoms with Crippen molar-refractivity contribution < 1.29 is 24.3 Å². The number of rotatable bonds is 8. The van der Waals surface area contributed by atoms with E-state index in [0.717, 1.165) is 5.56 Å². The number of amides is 2. The second-order valence-corrected chi connectivity index (χ2v) is 6.36. The SMILES string of the molecule is CC(C)(C)OC(=O)N[C@H](CO)CCC(=O)NOCc1ccccc1. The summed E-state index contributed by atoms with van der Waals surface area (Å²) in [6, 6.07) is 8.88. The van der Waals surface area contributed by atoms with Crippen LogP contribution in [0.4, 0.5) is 4.79 Å². The first-order valence-electron chi connectivity index (χ1n) is 7.85. The number of ether oxygens (including phenoxy) is 1. The molecule has 7 nitrogen and oxygen atoms in total. The number of carbonyl (C=O) groups excluding carboxylic acids is 2. The molecule has 1 aromatic carbocycles. The molecule has 2 amide bonds. The van der Waals surface area contributed by atoms with Gasteiger partial charge in [0.15, 0.2) is 0 Å². The molecule has 0 heterocycles. The Labute approximate surface area is 142 Å². The van der Waals surface area contributed by atoms with E-state index in [1.165, 1.54) is 0 Å². The van der Waals surface area contributed by atoms with E-state index in [-0.39, 0.29) is 32.0 Å². The molecule has 0 aliphatic rings. The highest BCUT2D eigenvalue weighted by atomic mass is 16.6. The molecule has 0 bridgehead atoms. The van der Waals surface area contributed by atoms with Crippen molar-refractivity contribution in [1.29, 1.82) is 0 Å². The van der Waals surface area contributed by atoms with Crippen LogP contribution in [-0.2, 0) is 21.0 Å². The number of carbonyl (C=O) groups is 2. The molecule has 3 N–H and O–H groups in total. The molecule has 0 spiro atoms. The number of benzene rings is 1. The zero-order valence-corrected chi connectivity index (χ0v) is 14.4. The number of alkyl carbamates (subject to hydrolysis) is 1. The lowest BCUT2D eigenvalue weighted by Gasteiger charge is -2.22. The first kappa shape index (κ1) is 19.9. The summed E-state index contributed by atoms with van der Waals surface area (Å²) in [5.74, 6) is -0.324. The molecule has 24 heavy (non-hydrogen) atoms. The van der Waals surface area contributed by atoms with E-state index in [4.69, 9.17) is 9.57 Å². The average Bonchev–Trinajstić information content (AvgIpc) is 2.50. The summed E-state index contributed by atoms with van der Waals surface area (Å²) < 4.78 is 5.10. The Balaban J connectivity index is 2.24. The molecule has 0 fully saturated rings. The van der Waals surface area contributed by atoms with Crippen molar-refractivity contribution in [3.8, 4) is 0 Å². The van der Waals surface area contributed by atoms with Crippen LogP contribution in [0.25, 0.3) is 0 Å². The van der Waals surface area contributed by atoms with Crippen molar-refractivity contribution in [3.05, 3.63) is 35.9 Å². The normalized spacial score (nSPS) is 12.3. The fourth-order valence-electron chi connectivity index (χ4n) is 1.81. The lowest BCUT2D eigenvalue weighted by Crippen LogP contribution is -2.41. The van der Waals surface area contributed by atoms with Gasteiger partial charge in [0.05, 0.1) is 19.3 Å². The highest BCUT2D eigenvalue weighted by Crippen LogP contribution is 2.07. The molecule has 0 radical (unpaired) electrons. The third-order valence-electron chi connectivity index (χ3n) is 2.93. The van der Waals surface area contributed by atoms with E-state index < -0.39 is 17.7 Å². The number of hydroxylamine groups is 1. The molecule has 1 atom stereocenters. The van der Waals surface area contributed by atoms with Crippen LogP contribution in [0.5, 0.6) is 0 Å². The van der Waals surface area contributed by atoms with Crippen LogP contribution in [0.3, 0.4) is 0 Å². The summed E-state index contributed by atoms with van der Waals surface area (Å²) in [6.45, 7) is 5.23. The lowest BCUT2D eigenvalue weighted by molar-refractivity contribution is -0.134. The second-order valence-electron chi connectivity index (χ2n) is 6.36. The number of aliphatic hydroxyl groups is 1. The highest BCUT2D eigenvalue weighted by molar-refractivity contribution is 5.75. The molecule has 0 unspecified atom stereocenters. The number of hydrogen-bond acceptors (Lipinski definition) is 5. The van der Waals surface area contributed by atoms with Gasteiger partial charge in [-0.15, -0.1) is 0 Å². The largest absolute Gasteiger partial charge is 0.444 e. The van der Waals surface area contributed by atoms with Crippen LogP contribution in [-0.4, -0.2) is 35.4 Å². The molecule has 0 aliphatic carbocycles. The van der Waals surface area contributed by atoms with Gasteiger partial charge < -0.3 is 15.2 Å². The van der Waals surface area contributed by atoms with Gasteiger partial charge in [0.1, 0.15) is 5.60 Å². The number of nitrogens with one attached hydrogen (secondary N) is 2. The second kappa shape index (κ2) is 9.89. The first-order chi connectivity index (χ1) is 11.3. The number of aliphatic hydroxyl groups excluding tert-OH is 1. The van der Waals surface area contributed by atoms with Gasteiger partial charge >= 0.3 is 6.09 Å². The van der Waals surface area contributed by atoms with Gasteiger partial charge in [0, 0.05) is 6.42 Å². The standard InChI is InChI=1S/C17H26N2O5/c1-17(2,3)24-16(22)18-14(11-20)9-10-15(21)19-23-12-13-7-5-4-6-8-13/h4-8,14,20H,9-12H2,1-3H3,(H,18,22)(H,19,21)/t14-/m0/s1. The molecule has 0 saturated heterocycles. The predicted molar refractivity (Wildman–Crippen MR) is 88.9 cm³/mol. The Morgan fingerprint density at radius 2 is 1.88 bits per heavy atom. The lowest BCUT2D eigenvalue weighted by atomic mass is 10.1. The Hall–Kier alpha value is -2.12. The molecule has 134 valence electrons. The maximum atomic E-state index is 11.7. The Kier molecular flexibility index (Phi) is 8.21. The molecular formula is C17H26N2O5. The average molecular weight is 338 g/mol. The van der Waals surface area contributed by atoms with Gasteiger partial charge in [-0.1, -0.05) is 30.3 Å². The summed E-state index contributed by atoms with van der Waals surface area (Å²) in [7, 11) is 0. The van der Waals surface area contributed by atoms with Crippen molar-refractivity contribution in [2.45, 2.75) is 51.9 Å². The van der Waals surface area contributed by atoms with E-state index in [1.807, 2.05) is 30.3 Å². The first-order valence-corrected chi connectivity index (χ1v) is 7.85. The minimum Gasteiger partial charge on any atom is -0.444 e. The zero-order valence-electron chi connectivity index (χ0n) is 14.4. The quantitative estimate of drug-likeness (QED) is 0.629. The molecular weight excluding hydrogens is 312 g/mol. The van der Waals surface area contributed by atoms with E-state index in [2.05, 4.69) is 10.8 Å². The van der Waals surface area contributed by atoms with Crippen LogP contribution in [0.15, 0.2) is 30.3 Å². The van der Waals surface area contributed by atoms with E-state index in [1.54, 1.807) is 20.8 Å². The number of hydrogen-bond donors (Lipinski definition) is 3. The van der Waals surface area contributed by atoms with Crippen molar-refractivity contribution in [2.24, 2.45) is 0 Å². The molecule has 0 aromatic heterocycles. The van der Waals surface area contributed by atoms with Crippen molar-refractivity contribution in [2.75, 3.05) is 6.61 Å². The summed E-state index contributed by atoms with van der Waals surface area (Å²) in [5.41, 5.74) is 2.66. The molecule has 0 aliphatic heterocycles. The maximum absolute atomic E-state index is 11.7. The summed E-state index contributed by atoms with van der Waals surface area (Å²) in [6.07, 6.45) is -0.242. The summed E-state index contributed by atoms with van der Waals surface area (Å²) in [4.78, 5) is 28.5. The van der Waals surface area contributed by atoms with Crippen LogP contribution in [0, 0.1) is 0 Å². The van der Waals surface area contributed by atoms with Crippen molar-refractivity contribution in [3.63, 3.8) is 0 Å². The van der Waals surface area contributed by atoms with Gasteiger partial charge in [-0.3, -0.25) is 9.63 Å². The van der Waals surface area contributed by atoms with E-state index in [9.17, 15) is 14.7 Å².